The predicted molar refractivity (Wildman–Crippen MR) is 83.2 cm³/mol. The van der Waals surface area contributed by atoms with Crippen LogP contribution >= 0.6 is 15.9 Å². The summed E-state index contributed by atoms with van der Waals surface area (Å²) < 4.78 is 13.9. The van der Waals surface area contributed by atoms with Crippen molar-refractivity contribution in [2.45, 2.75) is 32.3 Å². The Morgan fingerprint density at radius 3 is 2.40 bits per heavy atom. The smallest absolute Gasteiger partial charge is 0.137 e. The van der Waals surface area contributed by atoms with Crippen LogP contribution in [-0.4, -0.2) is 5.11 Å². The molecule has 106 valence electrons. The highest BCUT2D eigenvalue weighted by molar-refractivity contribution is 9.10. The van der Waals surface area contributed by atoms with Gasteiger partial charge < -0.3 is 5.11 Å². The first-order valence-electron chi connectivity index (χ1n) is 6.68. The molecule has 0 spiro atoms. The van der Waals surface area contributed by atoms with Gasteiger partial charge >= 0.3 is 0 Å². The number of hydrogen-bond donors (Lipinski definition) is 1. The van der Waals surface area contributed by atoms with E-state index in [1.54, 1.807) is 13.0 Å². The molecule has 3 heteroatoms. The molecular weight excluding hydrogens is 319 g/mol. The summed E-state index contributed by atoms with van der Waals surface area (Å²) in [5.74, 6) is -0.306. The van der Waals surface area contributed by atoms with Gasteiger partial charge in [-0.3, -0.25) is 0 Å². The summed E-state index contributed by atoms with van der Waals surface area (Å²) >= 11 is 3.24. The Bertz CT molecular complexity index is 590. The molecule has 0 aromatic heterocycles. The minimum absolute atomic E-state index is 0.306. The molecule has 0 bridgehead atoms. The van der Waals surface area contributed by atoms with Crippen molar-refractivity contribution in [3.8, 4) is 0 Å². The fraction of sp³-hybridized carbons (Fsp3) is 0.294. The maximum atomic E-state index is 13.5. The molecule has 20 heavy (non-hydrogen) atoms. The SMILES string of the molecule is CCc1ccc(C(C)(O)Cc2cccc(F)c2Br)cc1. The van der Waals surface area contributed by atoms with Crippen LogP contribution in [-0.2, 0) is 18.4 Å². The van der Waals surface area contributed by atoms with E-state index < -0.39 is 5.60 Å². The molecule has 0 radical (unpaired) electrons. The molecule has 0 aliphatic rings. The second-order valence-corrected chi connectivity index (χ2v) is 6.01. The van der Waals surface area contributed by atoms with Crippen LogP contribution in [0.3, 0.4) is 0 Å². The average Bonchev–Trinajstić information content (AvgIpc) is 2.44. The van der Waals surface area contributed by atoms with Crippen molar-refractivity contribution in [3.05, 3.63) is 69.4 Å². The third kappa shape index (κ3) is 3.28. The van der Waals surface area contributed by atoms with Gasteiger partial charge in [0.1, 0.15) is 5.82 Å². The van der Waals surface area contributed by atoms with Crippen LogP contribution in [0.5, 0.6) is 0 Å². The van der Waals surface area contributed by atoms with Crippen LogP contribution in [0.4, 0.5) is 4.39 Å². The van der Waals surface area contributed by atoms with Gasteiger partial charge in [0.25, 0.3) is 0 Å². The van der Waals surface area contributed by atoms with Crippen molar-refractivity contribution in [1.29, 1.82) is 0 Å². The van der Waals surface area contributed by atoms with Gasteiger partial charge in [0.15, 0.2) is 0 Å². The van der Waals surface area contributed by atoms with Gasteiger partial charge in [0, 0.05) is 6.42 Å². The number of benzene rings is 2. The van der Waals surface area contributed by atoms with Crippen LogP contribution in [0.1, 0.15) is 30.5 Å². The third-order valence-electron chi connectivity index (χ3n) is 3.55. The number of aryl methyl sites for hydroxylation is 1. The molecule has 2 aromatic carbocycles. The van der Waals surface area contributed by atoms with Gasteiger partial charge in [0.05, 0.1) is 10.1 Å². The van der Waals surface area contributed by atoms with E-state index in [-0.39, 0.29) is 5.82 Å². The molecule has 1 N–H and O–H groups in total. The summed E-state index contributed by atoms with van der Waals surface area (Å²) in [6, 6.07) is 12.8. The molecule has 1 nitrogen and oxygen atoms in total. The van der Waals surface area contributed by atoms with Crippen LogP contribution in [0.2, 0.25) is 0 Å². The summed E-state index contributed by atoms with van der Waals surface area (Å²) in [5, 5.41) is 10.7. The Morgan fingerprint density at radius 2 is 1.80 bits per heavy atom. The van der Waals surface area contributed by atoms with E-state index in [1.807, 2.05) is 30.3 Å². The van der Waals surface area contributed by atoms with Gasteiger partial charge in [0.2, 0.25) is 0 Å². The molecule has 0 aliphatic carbocycles. The van der Waals surface area contributed by atoms with E-state index in [2.05, 4.69) is 22.9 Å². The first-order chi connectivity index (χ1) is 9.44. The van der Waals surface area contributed by atoms with Crippen molar-refractivity contribution in [3.63, 3.8) is 0 Å². The zero-order valence-electron chi connectivity index (χ0n) is 11.7. The fourth-order valence-electron chi connectivity index (χ4n) is 2.26. The maximum absolute atomic E-state index is 13.5. The highest BCUT2D eigenvalue weighted by Crippen LogP contribution is 2.30. The topological polar surface area (TPSA) is 20.2 Å². The van der Waals surface area contributed by atoms with Crippen molar-refractivity contribution < 1.29 is 9.50 Å². The number of halogens is 2. The van der Waals surface area contributed by atoms with E-state index >= 15 is 0 Å². The summed E-state index contributed by atoms with van der Waals surface area (Å²) in [7, 11) is 0. The Morgan fingerprint density at radius 1 is 1.15 bits per heavy atom. The molecule has 0 saturated carbocycles. The molecule has 0 aliphatic heterocycles. The van der Waals surface area contributed by atoms with E-state index in [1.165, 1.54) is 11.6 Å². The quantitative estimate of drug-likeness (QED) is 0.864. The monoisotopic (exact) mass is 336 g/mol. The van der Waals surface area contributed by atoms with Gasteiger partial charge in [-0.1, -0.05) is 43.3 Å². The average molecular weight is 337 g/mol. The minimum Gasteiger partial charge on any atom is -0.385 e. The van der Waals surface area contributed by atoms with Crippen molar-refractivity contribution >= 4 is 15.9 Å². The number of hydrogen-bond acceptors (Lipinski definition) is 1. The van der Waals surface area contributed by atoms with Crippen molar-refractivity contribution in [2.24, 2.45) is 0 Å². The molecule has 2 aromatic rings. The third-order valence-corrected chi connectivity index (χ3v) is 4.44. The van der Waals surface area contributed by atoms with E-state index in [0.717, 1.165) is 17.5 Å². The van der Waals surface area contributed by atoms with Gasteiger partial charge in [-0.05, 0) is 52.0 Å². The lowest BCUT2D eigenvalue weighted by atomic mass is 9.88. The molecule has 1 unspecified atom stereocenters. The highest BCUT2D eigenvalue weighted by atomic mass is 79.9. The van der Waals surface area contributed by atoms with Crippen LogP contribution in [0, 0.1) is 5.82 Å². The molecular formula is C17H18BrFO. The van der Waals surface area contributed by atoms with Crippen LogP contribution < -0.4 is 0 Å². The standard InChI is InChI=1S/C17H18BrFO/c1-3-12-7-9-14(10-8-12)17(2,20)11-13-5-4-6-15(19)16(13)18/h4-10,20H,3,11H2,1-2H3. The lowest BCUT2D eigenvalue weighted by molar-refractivity contribution is 0.0574. The second kappa shape index (κ2) is 6.06. The normalized spacial score (nSPS) is 14.1. The van der Waals surface area contributed by atoms with Gasteiger partial charge in [-0.2, -0.15) is 0 Å². The number of rotatable bonds is 4. The fourth-order valence-corrected chi connectivity index (χ4v) is 2.66. The van der Waals surface area contributed by atoms with E-state index in [9.17, 15) is 9.50 Å². The molecule has 0 amide bonds. The van der Waals surface area contributed by atoms with E-state index in [0.29, 0.717) is 10.9 Å². The van der Waals surface area contributed by atoms with Crippen LogP contribution in [0.25, 0.3) is 0 Å². The Balaban J connectivity index is 2.27. The molecule has 2 rings (SSSR count). The lowest BCUT2D eigenvalue weighted by Gasteiger charge is -2.25. The lowest BCUT2D eigenvalue weighted by Crippen LogP contribution is -2.24. The zero-order chi connectivity index (χ0) is 14.8. The summed E-state index contributed by atoms with van der Waals surface area (Å²) in [6.45, 7) is 3.85. The maximum Gasteiger partial charge on any atom is 0.137 e. The van der Waals surface area contributed by atoms with Crippen LogP contribution in [0.15, 0.2) is 46.9 Å². The Labute approximate surface area is 127 Å². The van der Waals surface area contributed by atoms with E-state index in [4.69, 9.17) is 0 Å². The second-order valence-electron chi connectivity index (χ2n) is 5.21. The Hall–Kier alpha value is -1.19. The zero-order valence-corrected chi connectivity index (χ0v) is 13.2. The van der Waals surface area contributed by atoms with Gasteiger partial charge in [-0.25, -0.2) is 4.39 Å². The number of aliphatic hydroxyl groups is 1. The Kier molecular flexibility index (Phi) is 4.61. The first-order valence-corrected chi connectivity index (χ1v) is 7.48. The molecule has 1 atom stereocenters. The van der Waals surface area contributed by atoms with Crippen molar-refractivity contribution in [1.82, 2.24) is 0 Å². The summed E-state index contributed by atoms with van der Waals surface area (Å²) in [5.41, 5.74) is 1.81. The minimum atomic E-state index is -1.03. The van der Waals surface area contributed by atoms with Gasteiger partial charge in [-0.15, -0.1) is 0 Å². The first kappa shape index (κ1) is 15.2. The van der Waals surface area contributed by atoms with Crippen molar-refractivity contribution in [2.75, 3.05) is 0 Å². The molecule has 0 fully saturated rings. The highest BCUT2D eigenvalue weighted by Gasteiger charge is 2.25. The largest absolute Gasteiger partial charge is 0.385 e. The molecule has 0 saturated heterocycles. The summed E-state index contributed by atoms with van der Waals surface area (Å²) in [6.07, 6.45) is 1.33. The summed E-state index contributed by atoms with van der Waals surface area (Å²) in [4.78, 5) is 0. The predicted octanol–water partition coefficient (Wildman–Crippen LogP) is 4.60. The molecule has 0 heterocycles.